The van der Waals surface area contributed by atoms with E-state index in [1.807, 2.05) is 6.92 Å². The SMILES string of the molecule is CC1CC(C(=O)OC2COC2)CO1. The van der Waals surface area contributed by atoms with Gasteiger partial charge < -0.3 is 14.2 Å². The van der Waals surface area contributed by atoms with Crippen LogP contribution in [0.2, 0.25) is 0 Å². The predicted molar refractivity (Wildman–Crippen MR) is 44.2 cm³/mol. The summed E-state index contributed by atoms with van der Waals surface area (Å²) < 4.78 is 15.4. The maximum atomic E-state index is 11.4. The van der Waals surface area contributed by atoms with Gasteiger partial charge in [0.15, 0.2) is 0 Å². The van der Waals surface area contributed by atoms with E-state index in [4.69, 9.17) is 14.2 Å². The Hall–Kier alpha value is -0.610. The third-order valence-electron chi connectivity index (χ3n) is 2.42. The van der Waals surface area contributed by atoms with E-state index in [9.17, 15) is 4.79 Å². The van der Waals surface area contributed by atoms with Gasteiger partial charge in [-0.1, -0.05) is 0 Å². The lowest BCUT2D eigenvalue weighted by atomic mass is 10.1. The maximum Gasteiger partial charge on any atom is 0.311 e. The van der Waals surface area contributed by atoms with Gasteiger partial charge in [-0.15, -0.1) is 0 Å². The first-order valence-corrected chi connectivity index (χ1v) is 4.65. The summed E-state index contributed by atoms with van der Waals surface area (Å²) in [6.45, 7) is 3.58. The molecule has 2 fully saturated rings. The van der Waals surface area contributed by atoms with E-state index in [0.29, 0.717) is 19.8 Å². The maximum absolute atomic E-state index is 11.4. The molecule has 2 saturated heterocycles. The number of esters is 1. The average Bonchev–Trinajstić information content (AvgIpc) is 2.44. The summed E-state index contributed by atoms with van der Waals surface area (Å²) >= 11 is 0. The van der Waals surface area contributed by atoms with Crippen molar-refractivity contribution in [3.05, 3.63) is 0 Å². The van der Waals surface area contributed by atoms with E-state index in [0.717, 1.165) is 6.42 Å². The molecule has 0 aliphatic carbocycles. The summed E-state index contributed by atoms with van der Waals surface area (Å²) in [4.78, 5) is 11.4. The Morgan fingerprint density at radius 2 is 2.15 bits per heavy atom. The van der Waals surface area contributed by atoms with Crippen LogP contribution in [0.5, 0.6) is 0 Å². The van der Waals surface area contributed by atoms with Crippen LogP contribution in [0, 0.1) is 5.92 Å². The van der Waals surface area contributed by atoms with Gasteiger partial charge in [0.1, 0.15) is 6.10 Å². The number of ether oxygens (including phenoxy) is 3. The first kappa shape index (κ1) is 8.97. The zero-order valence-electron chi connectivity index (χ0n) is 7.69. The fourth-order valence-electron chi connectivity index (χ4n) is 1.52. The molecule has 4 nitrogen and oxygen atoms in total. The van der Waals surface area contributed by atoms with Crippen LogP contribution < -0.4 is 0 Å². The van der Waals surface area contributed by atoms with Crippen LogP contribution in [-0.2, 0) is 19.0 Å². The highest BCUT2D eigenvalue weighted by molar-refractivity contribution is 5.73. The van der Waals surface area contributed by atoms with Crippen LogP contribution in [-0.4, -0.2) is 38.0 Å². The third kappa shape index (κ3) is 2.00. The van der Waals surface area contributed by atoms with Crippen molar-refractivity contribution in [3.8, 4) is 0 Å². The minimum Gasteiger partial charge on any atom is -0.457 e. The largest absolute Gasteiger partial charge is 0.457 e. The quantitative estimate of drug-likeness (QED) is 0.584. The van der Waals surface area contributed by atoms with Crippen molar-refractivity contribution in [2.24, 2.45) is 5.92 Å². The Labute approximate surface area is 77.1 Å². The summed E-state index contributed by atoms with van der Waals surface area (Å²) in [5.74, 6) is -0.187. The molecular formula is C9H14O4. The molecule has 0 spiro atoms. The third-order valence-corrected chi connectivity index (χ3v) is 2.42. The molecule has 0 radical (unpaired) electrons. The molecule has 2 aliphatic rings. The molecular weight excluding hydrogens is 172 g/mol. The highest BCUT2D eigenvalue weighted by Gasteiger charge is 2.32. The van der Waals surface area contributed by atoms with E-state index in [1.54, 1.807) is 0 Å². The van der Waals surface area contributed by atoms with Crippen LogP contribution in [0.4, 0.5) is 0 Å². The molecule has 0 N–H and O–H groups in total. The molecule has 0 aromatic carbocycles. The van der Waals surface area contributed by atoms with Gasteiger partial charge in [-0.2, -0.15) is 0 Å². The van der Waals surface area contributed by atoms with Crippen LogP contribution in [0.15, 0.2) is 0 Å². The zero-order chi connectivity index (χ0) is 9.26. The van der Waals surface area contributed by atoms with E-state index in [2.05, 4.69) is 0 Å². The second kappa shape index (κ2) is 3.64. The van der Waals surface area contributed by atoms with Crippen molar-refractivity contribution in [2.45, 2.75) is 25.6 Å². The van der Waals surface area contributed by atoms with Gasteiger partial charge in [-0.05, 0) is 13.3 Å². The summed E-state index contributed by atoms with van der Waals surface area (Å²) in [5, 5.41) is 0. The van der Waals surface area contributed by atoms with Crippen LogP contribution in [0.25, 0.3) is 0 Å². The lowest BCUT2D eigenvalue weighted by Gasteiger charge is -2.26. The summed E-state index contributed by atoms with van der Waals surface area (Å²) in [6, 6.07) is 0. The Bertz CT molecular complexity index is 200. The summed E-state index contributed by atoms with van der Waals surface area (Å²) in [6.07, 6.45) is 0.963. The number of carbonyl (C=O) groups excluding carboxylic acids is 1. The minimum absolute atomic E-state index is 0.0107. The molecule has 2 aliphatic heterocycles. The summed E-state index contributed by atoms with van der Waals surface area (Å²) in [7, 11) is 0. The van der Waals surface area contributed by atoms with Crippen molar-refractivity contribution in [3.63, 3.8) is 0 Å². The molecule has 0 aromatic heterocycles. The van der Waals surface area contributed by atoms with E-state index < -0.39 is 0 Å². The van der Waals surface area contributed by atoms with Gasteiger partial charge >= 0.3 is 5.97 Å². The smallest absolute Gasteiger partial charge is 0.311 e. The topological polar surface area (TPSA) is 44.8 Å². The highest BCUT2D eigenvalue weighted by Crippen LogP contribution is 2.21. The Kier molecular flexibility index (Phi) is 2.51. The Morgan fingerprint density at radius 3 is 2.62 bits per heavy atom. The van der Waals surface area contributed by atoms with Crippen molar-refractivity contribution in [1.29, 1.82) is 0 Å². The average molecular weight is 186 g/mol. The molecule has 2 heterocycles. The molecule has 0 saturated carbocycles. The monoisotopic (exact) mass is 186 g/mol. The highest BCUT2D eigenvalue weighted by atomic mass is 16.6. The number of rotatable bonds is 2. The second-order valence-electron chi connectivity index (χ2n) is 3.67. The van der Waals surface area contributed by atoms with E-state index >= 15 is 0 Å². The molecule has 0 aromatic rings. The van der Waals surface area contributed by atoms with E-state index in [1.165, 1.54) is 0 Å². The van der Waals surface area contributed by atoms with Gasteiger partial charge in [0.25, 0.3) is 0 Å². The fourth-order valence-corrected chi connectivity index (χ4v) is 1.52. The first-order chi connectivity index (χ1) is 6.25. The normalized spacial score (nSPS) is 34.2. The van der Waals surface area contributed by atoms with Gasteiger partial charge in [0, 0.05) is 0 Å². The molecule has 2 unspecified atom stereocenters. The molecule has 13 heavy (non-hydrogen) atoms. The predicted octanol–water partition coefficient (Wildman–Crippen LogP) is 0.353. The lowest BCUT2D eigenvalue weighted by molar-refractivity contribution is -0.176. The molecule has 2 atom stereocenters. The van der Waals surface area contributed by atoms with E-state index in [-0.39, 0.29) is 24.1 Å². The van der Waals surface area contributed by atoms with Crippen molar-refractivity contribution < 1.29 is 19.0 Å². The van der Waals surface area contributed by atoms with Gasteiger partial charge in [-0.3, -0.25) is 4.79 Å². The molecule has 4 heteroatoms. The number of hydrogen-bond acceptors (Lipinski definition) is 4. The molecule has 74 valence electrons. The number of carbonyl (C=O) groups is 1. The standard InChI is InChI=1S/C9H14O4/c1-6-2-7(3-12-6)9(10)13-8-4-11-5-8/h6-8H,2-5H2,1H3. The second-order valence-corrected chi connectivity index (χ2v) is 3.67. The van der Waals surface area contributed by atoms with Gasteiger partial charge in [0.2, 0.25) is 0 Å². The Morgan fingerprint density at radius 1 is 1.38 bits per heavy atom. The lowest BCUT2D eigenvalue weighted by Crippen LogP contribution is -2.39. The number of hydrogen-bond donors (Lipinski definition) is 0. The van der Waals surface area contributed by atoms with Crippen LogP contribution in [0.1, 0.15) is 13.3 Å². The molecule has 2 rings (SSSR count). The fraction of sp³-hybridized carbons (Fsp3) is 0.889. The summed E-state index contributed by atoms with van der Waals surface area (Å²) in [5.41, 5.74) is 0. The van der Waals surface area contributed by atoms with Crippen molar-refractivity contribution in [2.75, 3.05) is 19.8 Å². The minimum atomic E-state index is -0.127. The van der Waals surface area contributed by atoms with Crippen molar-refractivity contribution >= 4 is 5.97 Å². The van der Waals surface area contributed by atoms with Crippen molar-refractivity contribution in [1.82, 2.24) is 0 Å². The first-order valence-electron chi connectivity index (χ1n) is 4.65. The van der Waals surface area contributed by atoms with Crippen LogP contribution in [0.3, 0.4) is 0 Å². The van der Waals surface area contributed by atoms with Gasteiger partial charge in [-0.25, -0.2) is 0 Å². The Balaban J connectivity index is 1.76. The van der Waals surface area contributed by atoms with Crippen LogP contribution >= 0.6 is 0 Å². The van der Waals surface area contributed by atoms with Gasteiger partial charge in [0.05, 0.1) is 31.8 Å². The zero-order valence-corrected chi connectivity index (χ0v) is 7.69. The molecule has 0 amide bonds. The molecule has 0 bridgehead atoms.